The summed E-state index contributed by atoms with van der Waals surface area (Å²) in [5, 5.41) is 7.89. The lowest BCUT2D eigenvalue weighted by Gasteiger charge is -1.98. The standard InChI is InChI=1S/C7H9NO3.C4H6O2/c1-6(7(10)11-2)3-4-8-5-9;1-3(2)4(5)6/h1,3-4H2,2H3;1H2,2H3,(H,5,6). The second-order valence-corrected chi connectivity index (χ2v) is 2.90. The van der Waals surface area contributed by atoms with Crippen molar-refractivity contribution in [2.75, 3.05) is 13.7 Å². The minimum atomic E-state index is -0.935. The number of nitrogens with zero attached hydrogens (tertiary/aromatic N) is 1. The van der Waals surface area contributed by atoms with Crippen molar-refractivity contribution in [1.29, 1.82) is 0 Å². The highest BCUT2D eigenvalue weighted by Crippen LogP contribution is 1.99. The summed E-state index contributed by atoms with van der Waals surface area (Å²) in [6.45, 7) is 8.27. The number of carbonyl (C=O) groups excluding carboxylic acids is 2. The molecule has 1 N–H and O–H groups in total. The average molecular weight is 241 g/mol. The molecule has 0 fully saturated rings. The third-order valence-corrected chi connectivity index (χ3v) is 1.43. The van der Waals surface area contributed by atoms with Crippen molar-refractivity contribution in [3.63, 3.8) is 0 Å². The van der Waals surface area contributed by atoms with Gasteiger partial charge in [-0.05, 0) is 13.3 Å². The van der Waals surface area contributed by atoms with Gasteiger partial charge in [0.2, 0.25) is 6.08 Å². The molecule has 0 unspecified atom stereocenters. The zero-order valence-corrected chi connectivity index (χ0v) is 9.86. The number of aliphatic carboxylic acids is 1. The van der Waals surface area contributed by atoms with Crippen molar-refractivity contribution in [2.45, 2.75) is 13.3 Å². The molecule has 0 aromatic carbocycles. The van der Waals surface area contributed by atoms with Crippen LogP contribution in [0, 0.1) is 0 Å². The molecule has 0 saturated heterocycles. The topological polar surface area (TPSA) is 93.0 Å². The first-order chi connectivity index (χ1) is 7.86. The molecule has 0 aromatic rings. The molecule has 0 aliphatic heterocycles. The molecule has 0 bridgehead atoms. The quantitative estimate of drug-likeness (QED) is 0.336. The van der Waals surface area contributed by atoms with Gasteiger partial charge in [0.25, 0.3) is 0 Å². The number of methoxy groups -OCH3 is 1. The van der Waals surface area contributed by atoms with Crippen LogP contribution in [0.2, 0.25) is 0 Å². The summed E-state index contributed by atoms with van der Waals surface area (Å²) in [7, 11) is 1.27. The Morgan fingerprint density at radius 1 is 1.41 bits per heavy atom. The molecule has 17 heavy (non-hydrogen) atoms. The van der Waals surface area contributed by atoms with Crippen LogP contribution in [0.3, 0.4) is 0 Å². The maximum absolute atomic E-state index is 10.6. The van der Waals surface area contributed by atoms with Crippen LogP contribution in [-0.2, 0) is 19.1 Å². The van der Waals surface area contributed by atoms with E-state index in [1.807, 2.05) is 0 Å². The summed E-state index contributed by atoms with van der Waals surface area (Å²) in [4.78, 5) is 33.1. The van der Waals surface area contributed by atoms with E-state index >= 15 is 0 Å². The molecule has 0 heterocycles. The Morgan fingerprint density at radius 3 is 2.18 bits per heavy atom. The maximum atomic E-state index is 10.6. The van der Waals surface area contributed by atoms with E-state index in [-0.39, 0.29) is 12.1 Å². The Hall–Kier alpha value is -2.20. The Balaban J connectivity index is 0. The number of hydrogen-bond donors (Lipinski definition) is 1. The third-order valence-electron chi connectivity index (χ3n) is 1.43. The van der Waals surface area contributed by atoms with Gasteiger partial charge in [-0.2, -0.15) is 0 Å². The molecule has 0 aliphatic carbocycles. The average Bonchev–Trinajstić information content (AvgIpc) is 2.28. The van der Waals surface area contributed by atoms with Gasteiger partial charge in [-0.1, -0.05) is 13.2 Å². The van der Waals surface area contributed by atoms with Crippen molar-refractivity contribution < 1.29 is 24.2 Å². The van der Waals surface area contributed by atoms with Crippen LogP contribution in [0.5, 0.6) is 0 Å². The van der Waals surface area contributed by atoms with E-state index in [9.17, 15) is 14.4 Å². The van der Waals surface area contributed by atoms with Crippen LogP contribution in [0.25, 0.3) is 0 Å². The van der Waals surface area contributed by atoms with E-state index in [0.29, 0.717) is 12.0 Å². The third kappa shape index (κ3) is 11.7. The minimum absolute atomic E-state index is 0.176. The number of carboxylic acids is 1. The molecule has 0 aromatic heterocycles. The summed E-state index contributed by atoms with van der Waals surface area (Å²) in [6, 6.07) is 0. The molecule has 0 atom stereocenters. The number of esters is 1. The minimum Gasteiger partial charge on any atom is -0.478 e. The normalized spacial score (nSPS) is 7.88. The van der Waals surface area contributed by atoms with Crippen LogP contribution < -0.4 is 0 Å². The fourth-order valence-electron chi connectivity index (χ4n) is 0.483. The number of rotatable bonds is 5. The summed E-state index contributed by atoms with van der Waals surface area (Å²) < 4.78 is 4.36. The number of hydrogen-bond acceptors (Lipinski definition) is 5. The van der Waals surface area contributed by atoms with Gasteiger partial charge < -0.3 is 9.84 Å². The molecule has 0 radical (unpaired) electrons. The number of isocyanates is 1. The van der Waals surface area contributed by atoms with Crippen LogP contribution in [-0.4, -0.2) is 36.8 Å². The summed E-state index contributed by atoms with van der Waals surface area (Å²) in [5.41, 5.74) is 0.488. The lowest BCUT2D eigenvalue weighted by atomic mass is 10.2. The van der Waals surface area contributed by atoms with E-state index in [1.54, 1.807) is 0 Å². The SMILES string of the molecule is C=C(C)C(=O)O.C=C(CCN=C=O)C(=O)OC. The fourth-order valence-corrected chi connectivity index (χ4v) is 0.483. The highest BCUT2D eigenvalue weighted by atomic mass is 16.5. The Morgan fingerprint density at radius 2 is 1.88 bits per heavy atom. The van der Waals surface area contributed by atoms with Gasteiger partial charge in [0.05, 0.1) is 13.7 Å². The van der Waals surface area contributed by atoms with E-state index in [0.717, 1.165) is 0 Å². The number of carboxylic acid groups (broad SMARTS) is 1. The summed E-state index contributed by atoms with van der Waals surface area (Å²) >= 11 is 0. The first-order valence-corrected chi connectivity index (χ1v) is 4.55. The van der Waals surface area contributed by atoms with E-state index in [1.165, 1.54) is 20.1 Å². The molecular formula is C11H15NO5. The van der Waals surface area contributed by atoms with Gasteiger partial charge in [0, 0.05) is 11.1 Å². The number of ether oxygens (including phenoxy) is 1. The largest absolute Gasteiger partial charge is 0.478 e. The highest BCUT2D eigenvalue weighted by molar-refractivity contribution is 5.87. The molecular weight excluding hydrogens is 226 g/mol. The summed E-state index contributed by atoms with van der Waals surface area (Å²) in [5.74, 6) is -1.40. The van der Waals surface area contributed by atoms with Gasteiger partial charge >= 0.3 is 11.9 Å². The fraction of sp³-hybridized carbons (Fsp3) is 0.364. The first kappa shape index (κ1) is 17.2. The van der Waals surface area contributed by atoms with E-state index < -0.39 is 11.9 Å². The molecule has 0 amide bonds. The van der Waals surface area contributed by atoms with Crippen molar-refractivity contribution >= 4 is 18.0 Å². The molecule has 6 heteroatoms. The maximum Gasteiger partial charge on any atom is 0.333 e. The Labute approximate surface area is 99.3 Å². The van der Waals surface area contributed by atoms with E-state index in [4.69, 9.17) is 5.11 Å². The van der Waals surface area contributed by atoms with E-state index in [2.05, 4.69) is 22.9 Å². The monoisotopic (exact) mass is 241 g/mol. The van der Waals surface area contributed by atoms with Gasteiger partial charge in [0.1, 0.15) is 0 Å². The van der Waals surface area contributed by atoms with Crippen LogP contribution in [0.4, 0.5) is 0 Å². The lowest BCUT2D eigenvalue weighted by Crippen LogP contribution is -2.04. The van der Waals surface area contributed by atoms with Crippen molar-refractivity contribution in [3.8, 4) is 0 Å². The summed E-state index contributed by atoms with van der Waals surface area (Å²) in [6.07, 6.45) is 1.70. The number of carbonyl (C=O) groups is 2. The molecule has 0 saturated carbocycles. The second kappa shape index (κ2) is 10.3. The lowest BCUT2D eigenvalue weighted by molar-refractivity contribution is -0.136. The highest BCUT2D eigenvalue weighted by Gasteiger charge is 2.04. The van der Waals surface area contributed by atoms with Crippen LogP contribution in [0.15, 0.2) is 29.3 Å². The van der Waals surface area contributed by atoms with Crippen LogP contribution in [0.1, 0.15) is 13.3 Å². The van der Waals surface area contributed by atoms with Crippen molar-refractivity contribution in [2.24, 2.45) is 4.99 Å². The van der Waals surface area contributed by atoms with Gasteiger partial charge in [-0.25, -0.2) is 19.4 Å². The predicted molar refractivity (Wildman–Crippen MR) is 61.2 cm³/mol. The van der Waals surface area contributed by atoms with Crippen molar-refractivity contribution in [3.05, 3.63) is 24.3 Å². The van der Waals surface area contributed by atoms with Gasteiger partial charge in [0.15, 0.2) is 0 Å². The zero-order valence-electron chi connectivity index (χ0n) is 9.86. The molecule has 0 rings (SSSR count). The van der Waals surface area contributed by atoms with Gasteiger partial charge in [-0.15, -0.1) is 0 Å². The van der Waals surface area contributed by atoms with Crippen LogP contribution >= 0.6 is 0 Å². The second-order valence-electron chi connectivity index (χ2n) is 2.90. The molecule has 94 valence electrons. The molecule has 6 nitrogen and oxygen atoms in total. The molecule has 0 spiro atoms. The Bertz CT molecular complexity index is 341. The number of aliphatic imine (C=N–C) groups is 1. The molecule has 0 aliphatic rings. The predicted octanol–water partition coefficient (Wildman–Crippen LogP) is 1.09. The van der Waals surface area contributed by atoms with Gasteiger partial charge in [-0.3, -0.25) is 0 Å². The van der Waals surface area contributed by atoms with Crippen molar-refractivity contribution in [1.82, 2.24) is 0 Å². The Kier molecular flexibility index (Phi) is 10.4. The smallest absolute Gasteiger partial charge is 0.333 e. The first-order valence-electron chi connectivity index (χ1n) is 4.55. The zero-order chi connectivity index (χ0) is 13.8.